The van der Waals surface area contributed by atoms with Gasteiger partial charge in [0, 0.05) is 0 Å². The highest BCUT2D eigenvalue weighted by Crippen LogP contribution is 2.18. The fourth-order valence-electron chi connectivity index (χ4n) is 1.13. The summed E-state index contributed by atoms with van der Waals surface area (Å²) in [5, 5.41) is 9.32. The van der Waals surface area contributed by atoms with Crippen LogP contribution in [-0.2, 0) is 4.84 Å². The van der Waals surface area contributed by atoms with Crippen LogP contribution in [0.4, 0.5) is 0 Å². The van der Waals surface area contributed by atoms with Crippen molar-refractivity contribution in [3.8, 4) is 5.75 Å². The minimum Gasteiger partial charge on any atom is -0.508 e. The zero-order chi connectivity index (χ0) is 11.5. The topological polar surface area (TPSA) is 41.5 Å². The zero-order valence-corrected chi connectivity index (χ0v) is 9.74. The van der Waals surface area contributed by atoms with Crippen molar-refractivity contribution in [1.82, 2.24) is 5.48 Å². The summed E-state index contributed by atoms with van der Waals surface area (Å²) in [5.74, 6) is 0.275. The summed E-state index contributed by atoms with van der Waals surface area (Å²) < 4.78 is 0. The molecule has 1 unspecified atom stereocenters. The fourth-order valence-corrected chi connectivity index (χ4v) is 1.13. The Morgan fingerprint density at radius 1 is 1.33 bits per heavy atom. The lowest BCUT2D eigenvalue weighted by atomic mass is 10.1. The van der Waals surface area contributed by atoms with Crippen LogP contribution >= 0.6 is 0 Å². The Bertz CT molecular complexity index is 318. The van der Waals surface area contributed by atoms with Crippen molar-refractivity contribution in [3.05, 3.63) is 29.8 Å². The fraction of sp³-hybridized carbons (Fsp3) is 0.500. The predicted octanol–water partition coefficient (Wildman–Crippen LogP) is 2.77. The molecule has 1 aromatic rings. The first-order valence-electron chi connectivity index (χ1n) is 5.11. The number of hydrogen-bond acceptors (Lipinski definition) is 3. The van der Waals surface area contributed by atoms with E-state index in [0.717, 1.165) is 5.56 Å². The molecule has 1 atom stereocenters. The molecule has 0 aromatic heterocycles. The van der Waals surface area contributed by atoms with E-state index in [1.807, 2.05) is 39.8 Å². The first-order chi connectivity index (χ1) is 6.88. The highest BCUT2D eigenvalue weighted by atomic mass is 16.7. The van der Waals surface area contributed by atoms with Gasteiger partial charge in [0.15, 0.2) is 0 Å². The molecule has 0 aliphatic heterocycles. The van der Waals surface area contributed by atoms with Crippen molar-refractivity contribution in [3.63, 3.8) is 0 Å². The lowest BCUT2D eigenvalue weighted by molar-refractivity contribution is -0.0866. The number of hydroxylamine groups is 1. The molecule has 0 bridgehead atoms. The molecule has 0 saturated heterocycles. The van der Waals surface area contributed by atoms with Crippen LogP contribution in [0.1, 0.15) is 39.3 Å². The van der Waals surface area contributed by atoms with E-state index in [1.165, 1.54) is 0 Å². The van der Waals surface area contributed by atoms with Gasteiger partial charge < -0.3 is 5.11 Å². The van der Waals surface area contributed by atoms with Crippen molar-refractivity contribution in [2.45, 2.75) is 39.3 Å². The Kier molecular flexibility index (Phi) is 3.72. The standard InChI is InChI=1S/C12H19NO2/c1-9(13-15-12(2,3)4)10-6-5-7-11(14)8-10/h5-9,13-14H,1-4H3. The summed E-state index contributed by atoms with van der Waals surface area (Å²) in [6.45, 7) is 7.93. The Balaban J connectivity index is 2.58. The summed E-state index contributed by atoms with van der Waals surface area (Å²) in [7, 11) is 0. The lowest BCUT2D eigenvalue weighted by Gasteiger charge is -2.23. The van der Waals surface area contributed by atoms with Crippen LogP contribution in [0.5, 0.6) is 5.75 Å². The van der Waals surface area contributed by atoms with E-state index in [1.54, 1.807) is 12.1 Å². The van der Waals surface area contributed by atoms with E-state index < -0.39 is 0 Å². The first-order valence-corrected chi connectivity index (χ1v) is 5.11. The van der Waals surface area contributed by atoms with Gasteiger partial charge in [-0.2, -0.15) is 5.48 Å². The second-order valence-electron chi connectivity index (χ2n) is 4.65. The van der Waals surface area contributed by atoms with E-state index in [-0.39, 0.29) is 17.4 Å². The van der Waals surface area contributed by atoms with Gasteiger partial charge in [0.1, 0.15) is 5.75 Å². The maximum Gasteiger partial charge on any atom is 0.115 e. The zero-order valence-electron chi connectivity index (χ0n) is 9.74. The van der Waals surface area contributed by atoms with Gasteiger partial charge >= 0.3 is 0 Å². The molecule has 1 aromatic carbocycles. The second kappa shape index (κ2) is 4.64. The average molecular weight is 209 g/mol. The summed E-state index contributed by atoms with van der Waals surface area (Å²) in [6.07, 6.45) is 0. The number of nitrogens with one attached hydrogen (secondary N) is 1. The van der Waals surface area contributed by atoms with Crippen LogP contribution in [0.25, 0.3) is 0 Å². The van der Waals surface area contributed by atoms with E-state index in [0.29, 0.717) is 0 Å². The molecule has 15 heavy (non-hydrogen) atoms. The average Bonchev–Trinajstić information content (AvgIpc) is 2.13. The minimum atomic E-state index is -0.217. The van der Waals surface area contributed by atoms with Gasteiger partial charge in [0.25, 0.3) is 0 Å². The molecule has 84 valence electrons. The third kappa shape index (κ3) is 4.32. The minimum absolute atomic E-state index is 0.0522. The number of phenols is 1. The Hall–Kier alpha value is -1.06. The van der Waals surface area contributed by atoms with Crippen molar-refractivity contribution in [1.29, 1.82) is 0 Å². The molecule has 3 heteroatoms. The highest BCUT2D eigenvalue weighted by Gasteiger charge is 2.13. The van der Waals surface area contributed by atoms with E-state index in [4.69, 9.17) is 4.84 Å². The molecule has 0 spiro atoms. The van der Waals surface area contributed by atoms with Crippen molar-refractivity contribution in [2.24, 2.45) is 0 Å². The van der Waals surface area contributed by atoms with Gasteiger partial charge in [0.2, 0.25) is 0 Å². The normalized spacial score (nSPS) is 13.9. The second-order valence-corrected chi connectivity index (χ2v) is 4.65. The van der Waals surface area contributed by atoms with Gasteiger partial charge in [-0.1, -0.05) is 12.1 Å². The molecule has 0 aliphatic rings. The lowest BCUT2D eigenvalue weighted by Crippen LogP contribution is -2.30. The Morgan fingerprint density at radius 3 is 2.53 bits per heavy atom. The van der Waals surface area contributed by atoms with Crippen molar-refractivity contribution < 1.29 is 9.94 Å². The molecule has 0 saturated carbocycles. The summed E-state index contributed by atoms with van der Waals surface area (Å²) in [6, 6.07) is 7.20. The molecule has 0 aliphatic carbocycles. The van der Waals surface area contributed by atoms with E-state index >= 15 is 0 Å². The van der Waals surface area contributed by atoms with Crippen LogP contribution in [0, 0.1) is 0 Å². The molecule has 1 rings (SSSR count). The number of benzene rings is 1. The molecule has 0 heterocycles. The number of aromatic hydroxyl groups is 1. The van der Waals surface area contributed by atoms with Crippen molar-refractivity contribution >= 4 is 0 Å². The maximum absolute atomic E-state index is 9.32. The molecule has 0 fully saturated rings. The first kappa shape index (κ1) is 12.0. The highest BCUT2D eigenvalue weighted by molar-refractivity contribution is 5.28. The summed E-state index contributed by atoms with van der Waals surface area (Å²) in [5.41, 5.74) is 3.74. The largest absolute Gasteiger partial charge is 0.508 e. The number of rotatable bonds is 3. The SMILES string of the molecule is CC(NOC(C)(C)C)c1cccc(O)c1. The summed E-state index contributed by atoms with van der Waals surface area (Å²) >= 11 is 0. The van der Waals surface area contributed by atoms with Gasteiger partial charge in [-0.3, -0.25) is 4.84 Å². The summed E-state index contributed by atoms with van der Waals surface area (Å²) in [4.78, 5) is 5.45. The molecular weight excluding hydrogens is 190 g/mol. The van der Waals surface area contributed by atoms with E-state index in [2.05, 4.69) is 5.48 Å². The molecular formula is C12H19NO2. The van der Waals surface area contributed by atoms with Gasteiger partial charge in [0.05, 0.1) is 11.6 Å². The van der Waals surface area contributed by atoms with Crippen LogP contribution in [0.3, 0.4) is 0 Å². The number of phenolic OH excluding ortho intramolecular Hbond substituents is 1. The Morgan fingerprint density at radius 2 is 2.00 bits per heavy atom. The van der Waals surface area contributed by atoms with Crippen LogP contribution in [0.2, 0.25) is 0 Å². The van der Waals surface area contributed by atoms with E-state index in [9.17, 15) is 5.11 Å². The van der Waals surface area contributed by atoms with Crippen LogP contribution in [0.15, 0.2) is 24.3 Å². The number of hydrogen-bond donors (Lipinski definition) is 2. The third-order valence-corrected chi connectivity index (χ3v) is 1.91. The smallest absolute Gasteiger partial charge is 0.115 e. The third-order valence-electron chi connectivity index (χ3n) is 1.91. The van der Waals surface area contributed by atoms with Gasteiger partial charge in [-0.05, 0) is 45.4 Å². The van der Waals surface area contributed by atoms with Crippen molar-refractivity contribution in [2.75, 3.05) is 0 Å². The predicted molar refractivity (Wildman–Crippen MR) is 60.5 cm³/mol. The molecule has 0 amide bonds. The molecule has 2 N–H and O–H groups in total. The van der Waals surface area contributed by atoms with Crippen LogP contribution in [-0.4, -0.2) is 10.7 Å². The monoisotopic (exact) mass is 209 g/mol. The Labute approximate surface area is 91.0 Å². The molecule has 0 radical (unpaired) electrons. The van der Waals surface area contributed by atoms with Gasteiger partial charge in [-0.25, -0.2) is 0 Å². The van der Waals surface area contributed by atoms with Crippen LogP contribution < -0.4 is 5.48 Å². The van der Waals surface area contributed by atoms with Gasteiger partial charge in [-0.15, -0.1) is 0 Å². The molecule has 3 nitrogen and oxygen atoms in total. The quantitative estimate of drug-likeness (QED) is 0.752. The maximum atomic E-state index is 9.32.